The van der Waals surface area contributed by atoms with Crippen LogP contribution in [0.2, 0.25) is 0 Å². The summed E-state index contributed by atoms with van der Waals surface area (Å²) in [5, 5.41) is 3.49. The van der Waals surface area contributed by atoms with E-state index in [0.29, 0.717) is 37.7 Å². The van der Waals surface area contributed by atoms with E-state index in [1.165, 1.54) is 0 Å². The van der Waals surface area contributed by atoms with Crippen molar-refractivity contribution >= 4 is 5.69 Å². The van der Waals surface area contributed by atoms with Gasteiger partial charge in [0.1, 0.15) is 92.3 Å². The topological polar surface area (TPSA) is 114 Å². The van der Waals surface area contributed by atoms with E-state index in [2.05, 4.69) is 19.2 Å². The van der Waals surface area contributed by atoms with Crippen LogP contribution in [0.15, 0.2) is 182 Å². The Morgan fingerprint density at radius 1 is 0.352 bits per heavy atom. The summed E-state index contributed by atoms with van der Waals surface area (Å²) in [4.78, 5) is 0. The van der Waals surface area contributed by atoms with Crippen LogP contribution in [0.3, 0.4) is 0 Å². The summed E-state index contributed by atoms with van der Waals surface area (Å²) < 4.78 is 70.6. The highest BCUT2D eigenvalue weighted by molar-refractivity contribution is 5.42. The lowest BCUT2D eigenvalue weighted by atomic mass is 10.1. The van der Waals surface area contributed by atoms with Gasteiger partial charge in [0.2, 0.25) is 0 Å². The number of benzene rings is 6. The monoisotopic (exact) mass is 972 g/mol. The average molecular weight is 972 g/mol. The molecule has 0 saturated carbocycles. The molecule has 5 unspecified atom stereocenters. The fourth-order valence-electron chi connectivity index (χ4n) is 7.06. The third-order valence-electron chi connectivity index (χ3n) is 10.9. The Hall–Kier alpha value is -6.12. The molecular formula is C59H73NO11. The van der Waals surface area contributed by atoms with Crippen molar-refractivity contribution in [3.63, 3.8) is 0 Å². The van der Waals surface area contributed by atoms with E-state index in [-0.39, 0.29) is 65.1 Å². The lowest BCUT2D eigenvalue weighted by molar-refractivity contribution is -0.151. The summed E-state index contributed by atoms with van der Waals surface area (Å²) in [6, 6.07) is 58.4. The number of nitrogens with one attached hydrogen (secondary N) is 1. The number of ether oxygens (including phenoxy) is 11. The second-order valence-electron chi connectivity index (χ2n) is 17.9. The predicted octanol–water partition coefficient (Wildman–Crippen LogP) is 11.0. The Kier molecular flexibility index (Phi) is 23.9. The zero-order valence-corrected chi connectivity index (χ0v) is 41.8. The minimum absolute atomic E-state index is 0.121. The summed E-state index contributed by atoms with van der Waals surface area (Å²) >= 11 is 0. The number of para-hydroxylation sites is 6. The van der Waals surface area contributed by atoms with Gasteiger partial charge in [0, 0.05) is 18.8 Å². The van der Waals surface area contributed by atoms with Gasteiger partial charge < -0.3 is 57.4 Å². The molecule has 5 atom stereocenters. The molecule has 0 bridgehead atoms. The van der Waals surface area contributed by atoms with E-state index < -0.39 is 30.0 Å². The smallest absolute Gasteiger partial charge is 0.119 e. The number of rotatable bonds is 36. The van der Waals surface area contributed by atoms with Crippen LogP contribution in [-0.4, -0.2) is 115 Å². The minimum atomic E-state index is -0.539. The van der Waals surface area contributed by atoms with E-state index in [1.54, 1.807) is 0 Å². The van der Waals surface area contributed by atoms with Gasteiger partial charge >= 0.3 is 0 Å². The number of hydrogen-bond acceptors (Lipinski definition) is 12. The second kappa shape index (κ2) is 31.3. The van der Waals surface area contributed by atoms with Gasteiger partial charge in [0.25, 0.3) is 0 Å². The molecule has 0 radical (unpaired) electrons. The molecule has 0 aliphatic rings. The zero-order valence-electron chi connectivity index (χ0n) is 41.8. The molecule has 6 rings (SSSR count). The van der Waals surface area contributed by atoms with Crippen LogP contribution in [0.4, 0.5) is 5.69 Å². The minimum Gasteiger partial charge on any atom is -0.491 e. The summed E-state index contributed by atoms with van der Waals surface area (Å²) in [7, 11) is 0. The van der Waals surface area contributed by atoms with E-state index in [1.807, 2.05) is 196 Å². The lowest BCUT2D eigenvalue weighted by Crippen LogP contribution is -2.41. The maximum Gasteiger partial charge on any atom is 0.119 e. The third-order valence-corrected chi connectivity index (χ3v) is 10.9. The maximum absolute atomic E-state index is 6.72. The number of hydrogen-bond donors (Lipinski definition) is 1. The van der Waals surface area contributed by atoms with Gasteiger partial charge in [0.15, 0.2) is 0 Å². The SMILES string of the molecule is CC(C)OCCC(C)(C)OC(COc1ccccc1)COC(COc1ccccc1)COC(COc1ccccc1)COC(COc1ccccc1)COC(CNc1ccccc1)COc1ccccc1. The normalized spacial score (nSPS) is 13.6. The largest absolute Gasteiger partial charge is 0.491 e. The maximum atomic E-state index is 6.72. The Balaban J connectivity index is 1.16. The van der Waals surface area contributed by atoms with Crippen LogP contribution < -0.4 is 29.0 Å². The summed E-state index contributed by atoms with van der Waals surface area (Å²) in [5.74, 6) is 3.65. The van der Waals surface area contributed by atoms with Gasteiger partial charge in [-0.05, 0) is 107 Å². The lowest BCUT2D eigenvalue weighted by Gasteiger charge is -2.32. The van der Waals surface area contributed by atoms with Crippen molar-refractivity contribution in [3.05, 3.63) is 182 Å². The first-order valence-corrected chi connectivity index (χ1v) is 24.7. The van der Waals surface area contributed by atoms with Gasteiger partial charge in [-0.1, -0.05) is 109 Å². The summed E-state index contributed by atoms with van der Waals surface area (Å²) in [5.41, 5.74) is 0.459. The Bertz CT molecular complexity index is 2180. The van der Waals surface area contributed by atoms with Gasteiger partial charge in [-0.25, -0.2) is 0 Å². The van der Waals surface area contributed by atoms with Crippen LogP contribution in [0.1, 0.15) is 34.1 Å². The fraction of sp³-hybridized carbons (Fsp3) is 0.390. The summed E-state index contributed by atoms with van der Waals surface area (Å²) in [6.07, 6.45) is -1.52. The van der Waals surface area contributed by atoms with Crippen LogP contribution >= 0.6 is 0 Å². The van der Waals surface area contributed by atoms with Crippen LogP contribution in [0.25, 0.3) is 0 Å². The first-order valence-electron chi connectivity index (χ1n) is 24.7. The molecule has 0 heterocycles. The van der Waals surface area contributed by atoms with Crippen LogP contribution in [0.5, 0.6) is 28.7 Å². The Morgan fingerprint density at radius 3 is 1.00 bits per heavy atom. The zero-order chi connectivity index (χ0) is 49.6. The van der Waals surface area contributed by atoms with Crippen molar-refractivity contribution in [3.8, 4) is 28.7 Å². The van der Waals surface area contributed by atoms with Gasteiger partial charge in [-0.3, -0.25) is 0 Å². The highest BCUT2D eigenvalue weighted by atomic mass is 16.6. The van der Waals surface area contributed by atoms with Crippen LogP contribution in [0, 0.1) is 0 Å². The molecule has 0 saturated heterocycles. The van der Waals surface area contributed by atoms with Crippen molar-refractivity contribution in [2.24, 2.45) is 0 Å². The number of anilines is 1. The van der Waals surface area contributed by atoms with Crippen molar-refractivity contribution in [1.82, 2.24) is 0 Å². The Labute approximate surface area is 421 Å². The van der Waals surface area contributed by atoms with Crippen molar-refractivity contribution < 1.29 is 52.1 Å². The molecule has 0 spiro atoms. The second-order valence-corrected chi connectivity index (χ2v) is 17.9. The quantitative estimate of drug-likeness (QED) is 0.0404. The van der Waals surface area contributed by atoms with Crippen molar-refractivity contribution in [2.45, 2.75) is 76.3 Å². The molecule has 6 aromatic carbocycles. The predicted molar refractivity (Wildman–Crippen MR) is 278 cm³/mol. The molecule has 0 aliphatic carbocycles. The van der Waals surface area contributed by atoms with E-state index >= 15 is 0 Å². The molecule has 0 aromatic heterocycles. The molecule has 1 N–H and O–H groups in total. The molecule has 380 valence electrons. The molecule has 0 aliphatic heterocycles. The van der Waals surface area contributed by atoms with E-state index in [0.717, 1.165) is 22.9 Å². The molecule has 12 nitrogen and oxygen atoms in total. The molecular weight excluding hydrogens is 899 g/mol. The van der Waals surface area contributed by atoms with E-state index in [9.17, 15) is 0 Å². The molecule has 0 fully saturated rings. The molecule has 71 heavy (non-hydrogen) atoms. The van der Waals surface area contributed by atoms with Crippen molar-refractivity contribution in [2.75, 3.05) is 77.9 Å². The van der Waals surface area contributed by atoms with Gasteiger partial charge in [-0.2, -0.15) is 0 Å². The highest BCUT2D eigenvalue weighted by Gasteiger charge is 2.27. The standard InChI is InChI=1S/C59H73NO11/c1-47(2)61-36-35-59(3,4)71-58(45-66-53-33-21-10-22-34-53)46-70-57(41-65-52-31-19-9-20-32-52)44-69-56(40-64-51-29-17-8-18-30-51)43-68-55(39-63-50-27-15-7-16-28-50)42-67-54(37-60-48-23-11-5-12-24-48)38-62-49-25-13-6-14-26-49/h5-34,47,54-58,60H,35-46H2,1-4H3. The van der Waals surface area contributed by atoms with Gasteiger partial charge in [-0.15, -0.1) is 0 Å². The molecule has 0 amide bonds. The molecule has 6 aromatic rings. The summed E-state index contributed by atoms with van der Waals surface area (Å²) in [6.45, 7) is 11.2. The molecule has 12 heteroatoms. The first kappa shape index (κ1) is 54.2. The highest BCUT2D eigenvalue weighted by Crippen LogP contribution is 2.21. The third kappa shape index (κ3) is 22.7. The Morgan fingerprint density at radius 2 is 0.648 bits per heavy atom. The fourth-order valence-corrected chi connectivity index (χ4v) is 7.06. The van der Waals surface area contributed by atoms with Gasteiger partial charge in [0.05, 0.1) is 38.1 Å². The van der Waals surface area contributed by atoms with Crippen molar-refractivity contribution in [1.29, 1.82) is 0 Å². The van der Waals surface area contributed by atoms with Crippen LogP contribution in [-0.2, 0) is 28.4 Å². The average Bonchev–Trinajstić information content (AvgIpc) is 3.40. The van der Waals surface area contributed by atoms with E-state index in [4.69, 9.17) is 52.1 Å². The first-order chi connectivity index (χ1) is 34.7.